The quantitative estimate of drug-likeness (QED) is 0.631. The van der Waals surface area contributed by atoms with Crippen LogP contribution in [0.1, 0.15) is 53.9 Å². The van der Waals surface area contributed by atoms with E-state index in [4.69, 9.17) is 0 Å². The minimum absolute atomic E-state index is 0.298. The molecule has 0 rings (SSSR count). The molecule has 0 N–H and O–H groups in total. The molecule has 0 aromatic carbocycles. The van der Waals surface area contributed by atoms with Crippen LogP contribution < -0.4 is 0 Å². The summed E-state index contributed by atoms with van der Waals surface area (Å²) in [6.07, 6.45) is 3.07. The van der Waals surface area contributed by atoms with Gasteiger partial charge in [-0.05, 0) is 32.9 Å². The summed E-state index contributed by atoms with van der Waals surface area (Å²) in [5, 5.41) is 0. The molecular weight excluding hydrogens is 174 g/mol. The highest BCUT2D eigenvalue weighted by molar-refractivity contribution is 5.75. The molecule has 0 aromatic heterocycles. The molecule has 0 amide bonds. The van der Waals surface area contributed by atoms with E-state index in [1.807, 2.05) is 13.8 Å². The van der Waals surface area contributed by atoms with Crippen LogP contribution in [-0.4, -0.2) is 30.3 Å². The van der Waals surface area contributed by atoms with Gasteiger partial charge < -0.3 is 4.90 Å². The Kier molecular flexibility index (Phi) is 14.5. The zero-order valence-corrected chi connectivity index (χ0v) is 10.6. The van der Waals surface area contributed by atoms with Crippen molar-refractivity contribution in [2.75, 3.05) is 19.6 Å². The Morgan fingerprint density at radius 3 is 1.71 bits per heavy atom. The lowest BCUT2D eigenvalue weighted by molar-refractivity contribution is -0.117. The fourth-order valence-corrected chi connectivity index (χ4v) is 1.28. The van der Waals surface area contributed by atoms with Gasteiger partial charge in [-0.15, -0.1) is 0 Å². The van der Waals surface area contributed by atoms with E-state index in [9.17, 15) is 4.79 Å². The van der Waals surface area contributed by atoms with Gasteiger partial charge in [-0.1, -0.05) is 27.7 Å². The molecule has 0 heterocycles. The molecule has 0 fully saturated rings. The van der Waals surface area contributed by atoms with E-state index in [0.717, 1.165) is 19.6 Å². The minimum atomic E-state index is 0.298. The predicted molar refractivity (Wildman–Crippen MR) is 63.7 cm³/mol. The van der Waals surface area contributed by atoms with Crippen molar-refractivity contribution in [2.24, 2.45) is 0 Å². The third-order valence-corrected chi connectivity index (χ3v) is 1.86. The van der Waals surface area contributed by atoms with E-state index >= 15 is 0 Å². The molecule has 14 heavy (non-hydrogen) atoms. The van der Waals surface area contributed by atoms with Gasteiger partial charge in [0.2, 0.25) is 0 Å². The van der Waals surface area contributed by atoms with Crippen molar-refractivity contribution in [1.82, 2.24) is 4.90 Å². The van der Waals surface area contributed by atoms with E-state index in [1.54, 1.807) is 6.92 Å². The molecule has 0 spiro atoms. The van der Waals surface area contributed by atoms with Crippen molar-refractivity contribution in [1.29, 1.82) is 0 Å². The number of carbonyl (C=O) groups excluding carboxylic acids is 1. The molecule has 86 valence electrons. The van der Waals surface area contributed by atoms with Gasteiger partial charge in [-0.3, -0.25) is 4.79 Å². The average Bonchev–Trinajstić information content (AvgIpc) is 2.18. The first-order valence-corrected chi connectivity index (χ1v) is 5.92. The summed E-state index contributed by atoms with van der Waals surface area (Å²) < 4.78 is 0. The van der Waals surface area contributed by atoms with E-state index in [0.29, 0.717) is 12.2 Å². The van der Waals surface area contributed by atoms with E-state index < -0.39 is 0 Å². The summed E-state index contributed by atoms with van der Waals surface area (Å²) in [7, 11) is 0. The topological polar surface area (TPSA) is 20.3 Å². The number of ketones is 1. The van der Waals surface area contributed by atoms with Crippen LogP contribution in [0.4, 0.5) is 0 Å². The number of hydrogen-bond acceptors (Lipinski definition) is 2. The maximum absolute atomic E-state index is 10.7. The van der Waals surface area contributed by atoms with Crippen LogP contribution in [0.2, 0.25) is 0 Å². The van der Waals surface area contributed by atoms with Gasteiger partial charge in [0.05, 0.1) is 0 Å². The smallest absolute Gasteiger partial charge is 0.131 e. The first-order valence-electron chi connectivity index (χ1n) is 5.92. The van der Waals surface area contributed by atoms with Gasteiger partial charge in [0.25, 0.3) is 0 Å². The zero-order chi connectivity index (χ0) is 11.4. The lowest BCUT2D eigenvalue weighted by Gasteiger charge is -2.19. The van der Waals surface area contributed by atoms with Gasteiger partial charge in [-0.25, -0.2) is 0 Å². The van der Waals surface area contributed by atoms with Crippen LogP contribution in [0, 0.1) is 0 Å². The van der Waals surface area contributed by atoms with Gasteiger partial charge in [-0.2, -0.15) is 0 Å². The summed E-state index contributed by atoms with van der Waals surface area (Å²) >= 11 is 0. The maximum atomic E-state index is 10.7. The number of rotatable bonds is 7. The fourth-order valence-electron chi connectivity index (χ4n) is 1.28. The standard InChI is InChI=1S/C10H21NO.C2H6/c1-4-7-11(8-5-2)9-6-10(3)12;1-2/h4-9H2,1-3H3;1-2H3. The van der Waals surface area contributed by atoms with Crippen molar-refractivity contribution in [3.63, 3.8) is 0 Å². The van der Waals surface area contributed by atoms with Crippen LogP contribution >= 0.6 is 0 Å². The van der Waals surface area contributed by atoms with Crippen molar-refractivity contribution in [3.05, 3.63) is 0 Å². The third kappa shape index (κ3) is 11.6. The van der Waals surface area contributed by atoms with E-state index in [1.165, 1.54) is 12.8 Å². The largest absolute Gasteiger partial charge is 0.303 e. The molecule has 0 aliphatic carbocycles. The second-order valence-electron chi connectivity index (χ2n) is 3.29. The maximum Gasteiger partial charge on any atom is 0.131 e. The molecule has 0 saturated heterocycles. The molecule has 0 saturated carbocycles. The zero-order valence-electron chi connectivity index (χ0n) is 10.6. The summed E-state index contributed by atoms with van der Waals surface area (Å²) in [6.45, 7) is 13.2. The summed E-state index contributed by atoms with van der Waals surface area (Å²) in [5.41, 5.74) is 0. The highest BCUT2D eigenvalue weighted by Gasteiger charge is 2.02. The molecule has 2 heteroatoms. The Morgan fingerprint density at radius 2 is 1.43 bits per heavy atom. The van der Waals surface area contributed by atoms with E-state index in [-0.39, 0.29) is 0 Å². The Labute approximate surface area is 89.7 Å². The molecule has 0 radical (unpaired) electrons. The lowest BCUT2D eigenvalue weighted by atomic mass is 10.2. The molecule has 0 bridgehead atoms. The molecule has 0 atom stereocenters. The lowest BCUT2D eigenvalue weighted by Crippen LogP contribution is -2.27. The summed E-state index contributed by atoms with van der Waals surface area (Å²) in [5.74, 6) is 0.298. The molecule has 2 nitrogen and oxygen atoms in total. The number of hydrogen-bond donors (Lipinski definition) is 0. The van der Waals surface area contributed by atoms with Crippen molar-refractivity contribution in [3.8, 4) is 0 Å². The van der Waals surface area contributed by atoms with Crippen LogP contribution in [0.25, 0.3) is 0 Å². The van der Waals surface area contributed by atoms with Gasteiger partial charge >= 0.3 is 0 Å². The number of Topliss-reactive ketones (excluding diaryl/α,β-unsaturated/α-hetero) is 1. The highest BCUT2D eigenvalue weighted by Crippen LogP contribution is 1.96. The Morgan fingerprint density at radius 1 is 1.00 bits per heavy atom. The second kappa shape index (κ2) is 12.6. The predicted octanol–water partition coefficient (Wildman–Crippen LogP) is 3.11. The van der Waals surface area contributed by atoms with Crippen molar-refractivity contribution >= 4 is 5.78 Å². The fraction of sp³-hybridized carbons (Fsp3) is 0.917. The minimum Gasteiger partial charge on any atom is -0.303 e. The average molecular weight is 201 g/mol. The molecule has 0 aromatic rings. The highest BCUT2D eigenvalue weighted by atomic mass is 16.1. The first-order chi connectivity index (χ1) is 6.70. The van der Waals surface area contributed by atoms with Gasteiger partial charge in [0, 0.05) is 13.0 Å². The monoisotopic (exact) mass is 201 g/mol. The number of carbonyl (C=O) groups is 1. The Bertz CT molecular complexity index is 117. The van der Waals surface area contributed by atoms with Gasteiger partial charge in [0.15, 0.2) is 0 Å². The second-order valence-corrected chi connectivity index (χ2v) is 3.29. The Balaban J connectivity index is 0. The molecule has 0 aliphatic heterocycles. The van der Waals surface area contributed by atoms with Crippen LogP contribution in [0.3, 0.4) is 0 Å². The van der Waals surface area contributed by atoms with Crippen LogP contribution in [-0.2, 0) is 4.79 Å². The molecule has 0 aliphatic rings. The molecule has 0 unspecified atom stereocenters. The van der Waals surface area contributed by atoms with Crippen LogP contribution in [0.15, 0.2) is 0 Å². The number of nitrogens with zero attached hydrogens (tertiary/aromatic N) is 1. The summed E-state index contributed by atoms with van der Waals surface area (Å²) in [4.78, 5) is 13.1. The normalized spacial score (nSPS) is 9.57. The van der Waals surface area contributed by atoms with Crippen molar-refractivity contribution < 1.29 is 4.79 Å². The third-order valence-electron chi connectivity index (χ3n) is 1.86. The summed E-state index contributed by atoms with van der Waals surface area (Å²) in [6, 6.07) is 0. The first kappa shape index (κ1) is 16.1. The molecular formula is C12H27NO. The Hall–Kier alpha value is -0.370. The van der Waals surface area contributed by atoms with Gasteiger partial charge in [0.1, 0.15) is 5.78 Å². The van der Waals surface area contributed by atoms with Crippen LogP contribution in [0.5, 0.6) is 0 Å². The SMILES string of the molecule is CC.CCCN(CCC)CCC(C)=O. The van der Waals surface area contributed by atoms with E-state index in [2.05, 4.69) is 18.7 Å². The van der Waals surface area contributed by atoms with Crippen molar-refractivity contribution in [2.45, 2.75) is 53.9 Å².